The van der Waals surface area contributed by atoms with Gasteiger partial charge in [0, 0.05) is 0 Å². The molecule has 0 N–H and O–H groups in total. The van der Waals surface area contributed by atoms with Gasteiger partial charge in [-0.3, -0.25) is 0 Å². The summed E-state index contributed by atoms with van der Waals surface area (Å²) in [6, 6.07) is 46.4. The summed E-state index contributed by atoms with van der Waals surface area (Å²) in [7, 11) is 0. The maximum atomic E-state index is 14.4. The van der Waals surface area contributed by atoms with E-state index >= 15 is 0 Å². The van der Waals surface area contributed by atoms with E-state index in [1.807, 2.05) is 60.7 Å². The molecule has 0 amide bonds. The Hall–Kier alpha value is -5.16. The Morgan fingerprint density at radius 1 is 0.457 bits per heavy atom. The van der Waals surface area contributed by atoms with Crippen LogP contribution in [0.1, 0.15) is 43.0 Å². The van der Waals surface area contributed by atoms with E-state index in [2.05, 4.69) is 36.4 Å². The quantitative estimate of drug-likeness (QED) is 0.179. The molecule has 46 heavy (non-hydrogen) atoms. The standard InChI is InChI=1S/2C13H9.2C7H6O2.CH2.Ti/c2*1-3-7-12-10(5-1)9-11-6-2-4-8-13(11)12;2*8-7(9)6-4-2-1-3-5-6;;/h2*1-5,7-8H,9H2;2*1-5H,(H,8,9);1H2;/q;;;;;+2/p-2. The van der Waals surface area contributed by atoms with Gasteiger partial charge in [-0.15, -0.1) is 0 Å². The molecule has 8 rings (SSSR count). The predicted octanol–water partition coefficient (Wildman–Crippen LogP) is 7.45. The van der Waals surface area contributed by atoms with Crippen LogP contribution in [0.4, 0.5) is 0 Å². The molecule has 0 unspecified atom stereocenters. The maximum absolute atomic E-state index is 14.4. The monoisotopic (exact) mass is 634 g/mol. The third-order valence-corrected chi connectivity index (χ3v) is 16.2. The number of benzene rings is 6. The van der Waals surface area contributed by atoms with Crippen LogP contribution in [0.5, 0.6) is 0 Å². The van der Waals surface area contributed by atoms with Gasteiger partial charge in [0.1, 0.15) is 0 Å². The average Bonchev–Trinajstić information content (AvgIpc) is 3.67. The Labute approximate surface area is 269 Å². The van der Waals surface area contributed by atoms with Crippen molar-refractivity contribution in [3.8, 4) is 22.3 Å². The molecule has 0 heterocycles. The van der Waals surface area contributed by atoms with Crippen LogP contribution in [-0.4, -0.2) is 16.8 Å². The number of carbonyl (C=O) groups excluding carboxylic acids is 2. The Kier molecular flexibility index (Phi) is 6.61. The van der Waals surface area contributed by atoms with E-state index in [0.717, 1.165) is 33.4 Å². The number of fused-ring (bicyclic) bond motifs is 6. The minimum atomic E-state index is -5.97. The molecule has 0 radical (unpaired) electrons. The zero-order valence-electron chi connectivity index (χ0n) is 25.1. The number of rotatable bonds is 6. The first-order valence-electron chi connectivity index (χ1n) is 15.5. The molecule has 5 heteroatoms. The number of carbonyl (C=O) groups is 2. The molecule has 0 atom stereocenters. The van der Waals surface area contributed by atoms with E-state index in [1.54, 1.807) is 48.5 Å². The molecule has 0 saturated heterocycles. The average molecular weight is 635 g/mol. The molecular formula is C41H30O4Ti. The molecule has 222 valence electrons. The summed E-state index contributed by atoms with van der Waals surface area (Å²) in [5.74, 6) is -1.15. The molecular weight excluding hydrogens is 604 g/mol. The second-order valence-corrected chi connectivity index (χ2v) is 18.4. The van der Waals surface area contributed by atoms with Crippen LogP contribution in [0.15, 0.2) is 146 Å². The predicted molar refractivity (Wildman–Crippen MR) is 179 cm³/mol. The van der Waals surface area contributed by atoms with Crippen molar-refractivity contribution < 1.29 is 31.8 Å². The molecule has 4 nitrogen and oxygen atoms in total. The van der Waals surface area contributed by atoms with Crippen LogP contribution in [0.3, 0.4) is 0 Å². The minimum absolute atomic E-state index is 0.365. The summed E-state index contributed by atoms with van der Waals surface area (Å²) in [6.07, 6.45) is 1.22. The Morgan fingerprint density at radius 2 is 0.826 bits per heavy atom. The normalized spacial score (nSPS) is 12.8. The molecule has 0 spiro atoms. The van der Waals surface area contributed by atoms with Gasteiger partial charge in [-0.05, 0) is 0 Å². The van der Waals surface area contributed by atoms with Crippen molar-refractivity contribution in [3.63, 3.8) is 0 Å². The van der Waals surface area contributed by atoms with E-state index < -0.39 is 27.6 Å². The van der Waals surface area contributed by atoms with Crippen LogP contribution >= 0.6 is 0 Å². The summed E-state index contributed by atoms with van der Waals surface area (Å²) in [5.41, 5.74) is 9.33. The van der Waals surface area contributed by atoms with Crippen LogP contribution in [0, 0.1) is 0 Å². The summed E-state index contributed by atoms with van der Waals surface area (Å²) in [5, 5.41) is 0. The molecule has 0 saturated carbocycles. The fraction of sp³-hybridized carbons (Fsp3) is 0.0488. The van der Waals surface area contributed by atoms with E-state index in [1.165, 1.54) is 11.1 Å². The first kappa shape index (κ1) is 28.3. The van der Waals surface area contributed by atoms with Gasteiger partial charge in [0.15, 0.2) is 0 Å². The van der Waals surface area contributed by atoms with Crippen LogP contribution in [0.2, 0.25) is 0 Å². The van der Waals surface area contributed by atoms with Gasteiger partial charge in [0.25, 0.3) is 0 Å². The van der Waals surface area contributed by atoms with Gasteiger partial charge in [-0.2, -0.15) is 0 Å². The van der Waals surface area contributed by atoms with Crippen molar-refractivity contribution in [2.45, 2.75) is 12.8 Å². The SMILES string of the molecule is [CH2]=[Ti]([O]C(=O)c1ccccc1)([O]C(=O)c1ccccc1)([c]1cccc2c1Cc1ccccc1-2)[c]1cccc2c1Cc1ccccc1-2. The summed E-state index contributed by atoms with van der Waals surface area (Å²) >= 11 is -5.97. The van der Waals surface area contributed by atoms with Crippen LogP contribution in [0.25, 0.3) is 22.3 Å². The zero-order valence-corrected chi connectivity index (χ0v) is 26.7. The Balaban J connectivity index is 1.45. The van der Waals surface area contributed by atoms with Crippen molar-refractivity contribution in [1.82, 2.24) is 0 Å². The molecule has 6 aromatic carbocycles. The first-order valence-corrected chi connectivity index (χ1v) is 19.4. The van der Waals surface area contributed by atoms with Crippen molar-refractivity contribution in [3.05, 3.63) is 179 Å². The van der Waals surface area contributed by atoms with Gasteiger partial charge in [-0.25, -0.2) is 0 Å². The fourth-order valence-electron chi connectivity index (χ4n) is 7.31. The van der Waals surface area contributed by atoms with Gasteiger partial charge < -0.3 is 0 Å². The van der Waals surface area contributed by atoms with Gasteiger partial charge >= 0.3 is 270 Å². The molecule has 2 aliphatic carbocycles. The Morgan fingerprint density at radius 3 is 1.26 bits per heavy atom. The second-order valence-electron chi connectivity index (χ2n) is 12.1. The first-order chi connectivity index (χ1) is 22.4. The van der Waals surface area contributed by atoms with Crippen molar-refractivity contribution >= 4 is 24.5 Å². The van der Waals surface area contributed by atoms with Gasteiger partial charge in [0.2, 0.25) is 0 Å². The van der Waals surface area contributed by atoms with Gasteiger partial charge in [0.05, 0.1) is 0 Å². The summed E-state index contributed by atoms with van der Waals surface area (Å²) in [4.78, 5) is 33.7. The van der Waals surface area contributed by atoms with Crippen LogP contribution < -0.4 is 7.74 Å². The summed E-state index contributed by atoms with van der Waals surface area (Å²) in [6.45, 7) is 0. The van der Waals surface area contributed by atoms with E-state index in [-0.39, 0.29) is 0 Å². The third kappa shape index (κ3) is 4.37. The molecule has 0 aromatic heterocycles. The van der Waals surface area contributed by atoms with E-state index in [9.17, 15) is 9.59 Å². The molecule has 0 fully saturated rings. The fourth-order valence-corrected chi connectivity index (χ4v) is 14.1. The van der Waals surface area contributed by atoms with Crippen molar-refractivity contribution in [2.24, 2.45) is 0 Å². The number of hydrogen-bond acceptors (Lipinski definition) is 4. The topological polar surface area (TPSA) is 52.6 Å². The Bertz CT molecular complexity index is 2090. The van der Waals surface area contributed by atoms with Crippen molar-refractivity contribution in [2.75, 3.05) is 0 Å². The van der Waals surface area contributed by atoms with Crippen molar-refractivity contribution in [1.29, 1.82) is 0 Å². The van der Waals surface area contributed by atoms with Crippen LogP contribution in [-0.2, 0) is 35.1 Å². The molecule has 0 bridgehead atoms. The third-order valence-electron chi connectivity index (χ3n) is 9.43. The molecule has 0 aliphatic heterocycles. The molecule has 6 aromatic rings. The molecule has 2 aliphatic rings. The van der Waals surface area contributed by atoms with E-state index in [0.29, 0.717) is 31.7 Å². The van der Waals surface area contributed by atoms with Gasteiger partial charge in [-0.1, -0.05) is 0 Å². The van der Waals surface area contributed by atoms with E-state index in [4.69, 9.17) is 11.5 Å². The number of hydrogen-bond donors (Lipinski definition) is 0. The second kappa shape index (κ2) is 10.7. The summed E-state index contributed by atoms with van der Waals surface area (Å²) < 4.78 is 15.2. The zero-order chi connectivity index (χ0) is 31.3.